The van der Waals surface area contributed by atoms with E-state index in [0.29, 0.717) is 17.7 Å². The number of likely N-dealkylation sites (N-methyl/N-ethyl adjacent to an activating group) is 1. The summed E-state index contributed by atoms with van der Waals surface area (Å²) >= 11 is 0. The number of carboxylic acids is 1. The fourth-order valence-corrected chi connectivity index (χ4v) is 4.64. The summed E-state index contributed by atoms with van der Waals surface area (Å²) in [6.07, 6.45) is 0.872. The molecule has 5 N–H and O–H groups in total. The van der Waals surface area contributed by atoms with Crippen LogP contribution in [0.4, 0.5) is 15.3 Å². The summed E-state index contributed by atoms with van der Waals surface area (Å²) in [5.41, 5.74) is 5.22. The summed E-state index contributed by atoms with van der Waals surface area (Å²) in [6, 6.07) is 4.50. The standard InChI is InChI=1S/C25H34N6O7/c1-3-4-15-38-23(36)28-18(21(33)34)9-10-19(32)30-13-11-25(12-14-30)22(35)31(24(37)29(25)2)17-7-5-16(6-8-17)20(26)27/h5-8,18H,3-4,9-15H2,1-2H3,(H3,26,27)(H,28,36)(H,33,34)/t18-/m0/s1. The van der Waals surface area contributed by atoms with E-state index in [-0.39, 0.29) is 63.0 Å². The predicted octanol–water partition coefficient (Wildman–Crippen LogP) is 1.49. The molecule has 2 aliphatic heterocycles. The van der Waals surface area contributed by atoms with Crippen LogP contribution in [0.3, 0.4) is 0 Å². The number of likely N-dealkylation sites (tertiary alicyclic amines) is 1. The zero-order valence-corrected chi connectivity index (χ0v) is 21.6. The number of unbranched alkanes of at least 4 members (excludes halogenated alkanes) is 1. The number of alkyl carbamates (subject to hydrolysis) is 1. The molecular formula is C25H34N6O7. The van der Waals surface area contributed by atoms with E-state index in [1.165, 1.54) is 4.90 Å². The quantitative estimate of drug-likeness (QED) is 0.152. The van der Waals surface area contributed by atoms with Crippen LogP contribution < -0.4 is 16.0 Å². The van der Waals surface area contributed by atoms with E-state index < -0.39 is 29.7 Å². The lowest BCUT2D eigenvalue weighted by Gasteiger charge is -2.40. The Morgan fingerprint density at radius 1 is 1.18 bits per heavy atom. The topological polar surface area (TPSA) is 186 Å². The molecule has 0 radical (unpaired) electrons. The van der Waals surface area contributed by atoms with Gasteiger partial charge < -0.3 is 30.7 Å². The van der Waals surface area contributed by atoms with Crippen molar-refractivity contribution in [1.29, 1.82) is 5.41 Å². The number of piperidine rings is 1. The second kappa shape index (κ2) is 11.9. The molecule has 0 saturated carbocycles. The third kappa shape index (κ3) is 5.87. The predicted molar refractivity (Wildman–Crippen MR) is 137 cm³/mol. The number of carboxylic acid groups (broad SMARTS) is 1. The van der Waals surface area contributed by atoms with Gasteiger partial charge in [-0.25, -0.2) is 19.3 Å². The molecule has 13 heteroatoms. The molecule has 206 valence electrons. The fraction of sp³-hybridized carbons (Fsp3) is 0.520. The molecule has 1 aromatic rings. The molecule has 2 saturated heterocycles. The maximum absolute atomic E-state index is 13.5. The fourth-order valence-electron chi connectivity index (χ4n) is 4.64. The van der Waals surface area contributed by atoms with Gasteiger partial charge in [0.1, 0.15) is 17.4 Å². The highest BCUT2D eigenvalue weighted by atomic mass is 16.5. The second-order valence-corrected chi connectivity index (χ2v) is 9.42. The van der Waals surface area contributed by atoms with Gasteiger partial charge in [-0.15, -0.1) is 0 Å². The Balaban J connectivity index is 1.58. The number of aliphatic carboxylic acids is 1. The minimum absolute atomic E-state index is 0.111. The molecule has 13 nitrogen and oxygen atoms in total. The maximum atomic E-state index is 13.5. The van der Waals surface area contributed by atoms with E-state index in [4.69, 9.17) is 15.9 Å². The molecule has 0 bridgehead atoms. The van der Waals surface area contributed by atoms with Crippen molar-refractivity contribution in [3.8, 4) is 0 Å². The number of nitrogens with zero attached hydrogens (tertiary/aromatic N) is 3. The number of benzene rings is 1. The lowest BCUT2D eigenvalue weighted by Crippen LogP contribution is -2.56. The first-order chi connectivity index (χ1) is 18.0. The summed E-state index contributed by atoms with van der Waals surface area (Å²) in [4.78, 5) is 66.7. The van der Waals surface area contributed by atoms with Crippen LogP contribution in [0.5, 0.6) is 0 Å². The molecule has 5 amide bonds. The molecular weight excluding hydrogens is 496 g/mol. The van der Waals surface area contributed by atoms with Crippen LogP contribution in [0.2, 0.25) is 0 Å². The van der Waals surface area contributed by atoms with Crippen molar-refractivity contribution in [2.45, 2.75) is 57.0 Å². The Labute approximate surface area is 220 Å². The summed E-state index contributed by atoms with van der Waals surface area (Å²) < 4.78 is 4.93. The van der Waals surface area contributed by atoms with Crippen molar-refractivity contribution in [1.82, 2.24) is 15.1 Å². The lowest BCUT2D eigenvalue weighted by molar-refractivity contribution is -0.140. The number of amidine groups is 1. The maximum Gasteiger partial charge on any atom is 0.407 e. The minimum Gasteiger partial charge on any atom is -0.480 e. The van der Waals surface area contributed by atoms with Crippen molar-refractivity contribution >= 4 is 41.4 Å². The smallest absolute Gasteiger partial charge is 0.407 e. The highest BCUT2D eigenvalue weighted by Gasteiger charge is 2.57. The van der Waals surface area contributed by atoms with Gasteiger partial charge in [0.2, 0.25) is 5.91 Å². The van der Waals surface area contributed by atoms with E-state index in [1.54, 1.807) is 36.2 Å². The molecule has 0 unspecified atom stereocenters. The number of hydrogen-bond donors (Lipinski definition) is 4. The number of carbonyl (C=O) groups excluding carboxylic acids is 4. The first-order valence-electron chi connectivity index (χ1n) is 12.5. The number of anilines is 1. The molecule has 1 spiro atoms. The molecule has 2 heterocycles. The van der Waals surface area contributed by atoms with Crippen molar-refractivity contribution in [3.63, 3.8) is 0 Å². The zero-order valence-electron chi connectivity index (χ0n) is 21.6. The van der Waals surface area contributed by atoms with Crippen LogP contribution in [0.15, 0.2) is 24.3 Å². The van der Waals surface area contributed by atoms with E-state index in [0.717, 1.165) is 11.3 Å². The summed E-state index contributed by atoms with van der Waals surface area (Å²) in [6.45, 7) is 2.53. The van der Waals surface area contributed by atoms with E-state index in [9.17, 15) is 29.1 Å². The minimum atomic E-state index is -1.27. The number of carbonyl (C=O) groups is 5. The number of rotatable bonds is 10. The second-order valence-electron chi connectivity index (χ2n) is 9.42. The number of nitrogens with two attached hydrogens (primary N) is 1. The Morgan fingerprint density at radius 3 is 2.37 bits per heavy atom. The van der Waals surface area contributed by atoms with Gasteiger partial charge in [-0.1, -0.05) is 13.3 Å². The summed E-state index contributed by atoms with van der Waals surface area (Å²) in [7, 11) is 1.56. The van der Waals surface area contributed by atoms with Gasteiger partial charge >= 0.3 is 18.1 Å². The summed E-state index contributed by atoms with van der Waals surface area (Å²) in [5, 5.41) is 19.2. The first kappa shape index (κ1) is 28.4. The Hall–Kier alpha value is -4.16. The SMILES string of the molecule is CCCCOC(=O)N[C@@H](CCC(=O)N1CCC2(CC1)C(=O)N(c1ccc(C(=N)N)cc1)C(=O)N2C)C(=O)O. The van der Waals surface area contributed by atoms with E-state index in [2.05, 4.69) is 5.32 Å². The largest absolute Gasteiger partial charge is 0.480 e. The van der Waals surface area contributed by atoms with Crippen LogP contribution in [0.25, 0.3) is 0 Å². The molecule has 0 aromatic heterocycles. The monoisotopic (exact) mass is 530 g/mol. The zero-order chi connectivity index (χ0) is 28.0. The molecule has 0 aliphatic carbocycles. The van der Waals surface area contributed by atoms with Crippen LogP contribution >= 0.6 is 0 Å². The van der Waals surface area contributed by atoms with Gasteiger partial charge in [0.15, 0.2) is 0 Å². The van der Waals surface area contributed by atoms with Gasteiger partial charge in [0, 0.05) is 32.1 Å². The van der Waals surface area contributed by atoms with Gasteiger partial charge in [0.05, 0.1) is 12.3 Å². The number of nitrogens with one attached hydrogen (secondary N) is 2. The average molecular weight is 531 g/mol. The van der Waals surface area contributed by atoms with E-state index >= 15 is 0 Å². The van der Waals surface area contributed by atoms with Crippen molar-refractivity contribution in [2.75, 3.05) is 31.6 Å². The van der Waals surface area contributed by atoms with Crippen LogP contribution in [0.1, 0.15) is 51.0 Å². The average Bonchev–Trinajstić information content (AvgIpc) is 3.07. The van der Waals surface area contributed by atoms with Gasteiger partial charge in [0.25, 0.3) is 5.91 Å². The highest BCUT2D eigenvalue weighted by Crippen LogP contribution is 2.38. The van der Waals surface area contributed by atoms with Crippen molar-refractivity contribution < 1.29 is 33.8 Å². The molecule has 38 heavy (non-hydrogen) atoms. The number of imide groups is 1. The van der Waals surface area contributed by atoms with Gasteiger partial charge in [-0.05, 0) is 49.9 Å². The number of amides is 5. The lowest BCUT2D eigenvalue weighted by atomic mass is 9.86. The Morgan fingerprint density at radius 2 is 1.82 bits per heavy atom. The Kier molecular flexibility index (Phi) is 8.92. The number of urea groups is 1. The molecule has 1 aromatic carbocycles. The van der Waals surface area contributed by atoms with Crippen LogP contribution in [-0.4, -0.2) is 89.0 Å². The molecule has 1 atom stereocenters. The highest BCUT2D eigenvalue weighted by molar-refractivity contribution is 6.23. The number of nitrogen functional groups attached to an aromatic ring is 1. The first-order valence-corrected chi connectivity index (χ1v) is 12.5. The van der Waals surface area contributed by atoms with Crippen molar-refractivity contribution in [2.24, 2.45) is 5.73 Å². The molecule has 2 aliphatic rings. The third-order valence-corrected chi connectivity index (χ3v) is 7.07. The van der Waals surface area contributed by atoms with Crippen LogP contribution in [0, 0.1) is 5.41 Å². The number of ether oxygens (including phenoxy) is 1. The third-order valence-electron chi connectivity index (χ3n) is 7.07. The summed E-state index contributed by atoms with van der Waals surface area (Å²) in [5.74, 6) is -2.08. The normalized spacial score (nSPS) is 17.5. The number of hydrogen-bond acceptors (Lipinski definition) is 7. The Bertz CT molecular complexity index is 1100. The molecule has 2 fully saturated rings. The molecule has 3 rings (SSSR count). The van der Waals surface area contributed by atoms with Gasteiger partial charge in [-0.2, -0.15) is 0 Å². The van der Waals surface area contributed by atoms with Gasteiger partial charge in [-0.3, -0.25) is 15.0 Å². The van der Waals surface area contributed by atoms with E-state index in [1.807, 2.05) is 6.92 Å². The van der Waals surface area contributed by atoms with Crippen molar-refractivity contribution in [3.05, 3.63) is 29.8 Å². The van der Waals surface area contributed by atoms with Crippen LogP contribution in [-0.2, 0) is 19.1 Å².